The quantitative estimate of drug-likeness (QED) is 0.622. The van der Waals surface area contributed by atoms with Gasteiger partial charge in [0.05, 0.1) is 0 Å². The normalized spacial score (nSPS) is 14.4. The maximum Gasteiger partial charge on any atom is 0.573 e. The van der Waals surface area contributed by atoms with E-state index < -0.39 is 29.9 Å². The monoisotopic (exact) mass is 385 g/mol. The third kappa shape index (κ3) is 4.19. The van der Waals surface area contributed by atoms with E-state index in [-0.39, 0.29) is 3.57 Å². The van der Waals surface area contributed by atoms with E-state index in [1.165, 1.54) is 0 Å². The topological polar surface area (TPSA) is 35.2 Å². The van der Waals surface area contributed by atoms with Gasteiger partial charge in [-0.25, -0.2) is 0 Å². The first kappa shape index (κ1) is 15.3. The molecule has 1 aromatic rings. The van der Waals surface area contributed by atoms with Gasteiger partial charge in [0, 0.05) is 3.57 Å². The SMILES string of the molecule is N[C@@H](c1cc(OC(F)(F)F)ccc1I)C(F)(F)F. The summed E-state index contributed by atoms with van der Waals surface area (Å²) in [4.78, 5) is 0. The van der Waals surface area contributed by atoms with Gasteiger partial charge >= 0.3 is 12.5 Å². The van der Waals surface area contributed by atoms with Crippen LogP contribution in [0.25, 0.3) is 0 Å². The summed E-state index contributed by atoms with van der Waals surface area (Å²) in [5.74, 6) is -0.738. The van der Waals surface area contributed by atoms with Gasteiger partial charge in [0.15, 0.2) is 0 Å². The lowest BCUT2D eigenvalue weighted by Crippen LogP contribution is -2.29. The van der Waals surface area contributed by atoms with Crippen molar-refractivity contribution in [1.29, 1.82) is 0 Å². The summed E-state index contributed by atoms with van der Waals surface area (Å²) in [7, 11) is 0. The molecule has 1 aromatic carbocycles. The van der Waals surface area contributed by atoms with Crippen molar-refractivity contribution in [3.8, 4) is 5.75 Å². The summed E-state index contributed by atoms with van der Waals surface area (Å²) < 4.78 is 76.6. The molecular weight excluding hydrogens is 379 g/mol. The Kier molecular flexibility index (Phi) is 4.36. The lowest BCUT2D eigenvalue weighted by atomic mass is 10.1. The highest BCUT2D eigenvalue weighted by molar-refractivity contribution is 14.1. The van der Waals surface area contributed by atoms with Gasteiger partial charge in [-0.15, -0.1) is 13.2 Å². The summed E-state index contributed by atoms with van der Waals surface area (Å²) in [5.41, 5.74) is 4.47. The van der Waals surface area contributed by atoms with E-state index in [1.54, 1.807) is 22.6 Å². The Morgan fingerprint density at radius 1 is 1.11 bits per heavy atom. The molecule has 1 rings (SSSR count). The van der Waals surface area contributed by atoms with Gasteiger partial charge in [-0.2, -0.15) is 13.2 Å². The maximum absolute atomic E-state index is 12.4. The van der Waals surface area contributed by atoms with Crippen LogP contribution in [0.4, 0.5) is 26.3 Å². The van der Waals surface area contributed by atoms with Gasteiger partial charge in [-0.05, 0) is 46.4 Å². The average molecular weight is 385 g/mol. The smallest absolute Gasteiger partial charge is 0.406 e. The third-order valence-electron chi connectivity index (χ3n) is 1.89. The van der Waals surface area contributed by atoms with Crippen molar-refractivity contribution in [2.24, 2.45) is 5.73 Å². The molecule has 0 radical (unpaired) electrons. The van der Waals surface area contributed by atoms with Crippen LogP contribution in [0.1, 0.15) is 11.6 Å². The molecule has 0 heterocycles. The number of rotatable bonds is 2. The minimum absolute atomic E-state index is 0.104. The van der Waals surface area contributed by atoms with Gasteiger partial charge in [0.2, 0.25) is 0 Å². The van der Waals surface area contributed by atoms with E-state index >= 15 is 0 Å². The van der Waals surface area contributed by atoms with Crippen LogP contribution >= 0.6 is 22.6 Å². The highest BCUT2D eigenvalue weighted by Gasteiger charge is 2.39. The van der Waals surface area contributed by atoms with E-state index in [2.05, 4.69) is 4.74 Å². The second kappa shape index (κ2) is 5.11. The molecule has 9 heteroatoms. The molecule has 0 aliphatic rings. The Morgan fingerprint density at radius 3 is 2.11 bits per heavy atom. The average Bonchev–Trinajstić information content (AvgIpc) is 2.16. The fourth-order valence-electron chi connectivity index (χ4n) is 1.13. The van der Waals surface area contributed by atoms with Crippen LogP contribution in [0.3, 0.4) is 0 Å². The number of alkyl halides is 6. The number of nitrogens with two attached hydrogens (primary N) is 1. The van der Waals surface area contributed by atoms with E-state index in [9.17, 15) is 26.3 Å². The molecule has 0 amide bonds. The van der Waals surface area contributed by atoms with Gasteiger partial charge in [0.25, 0.3) is 0 Å². The van der Waals surface area contributed by atoms with Crippen molar-refractivity contribution >= 4 is 22.6 Å². The highest BCUT2D eigenvalue weighted by Crippen LogP contribution is 2.35. The van der Waals surface area contributed by atoms with Crippen molar-refractivity contribution in [3.05, 3.63) is 27.3 Å². The number of benzene rings is 1. The molecule has 0 aromatic heterocycles. The first-order chi connectivity index (χ1) is 8.00. The van der Waals surface area contributed by atoms with Crippen molar-refractivity contribution in [2.45, 2.75) is 18.6 Å². The second-order valence-electron chi connectivity index (χ2n) is 3.25. The lowest BCUT2D eigenvalue weighted by molar-refractivity contribution is -0.274. The standard InChI is InChI=1S/C9H6F6INO/c10-8(11,12)7(17)5-3-4(1-2-6(5)16)18-9(13,14)15/h1-3,7H,17H2/t7-/m0/s1. The van der Waals surface area contributed by atoms with E-state index in [0.717, 1.165) is 12.1 Å². The van der Waals surface area contributed by atoms with Gasteiger partial charge in [-0.3, -0.25) is 0 Å². The van der Waals surface area contributed by atoms with Crippen molar-refractivity contribution < 1.29 is 31.1 Å². The minimum atomic E-state index is -4.97. The van der Waals surface area contributed by atoms with Gasteiger partial charge < -0.3 is 10.5 Å². The molecule has 0 saturated heterocycles. The van der Waals surface area contributed by atoms with Crippen molar-refractivity contribution in [2.75, 3.05) is 0 Å². The molecule has 2 N–H and O–H groups in total. The molecule has 0 aliphatic heterocycles. The van der Waals surface area contributed by atoms with E-state index in [4.69, 9.17) is 5.73 Å². The zero-order chi connectivity index (χ0) is 14.1. The molecule has 0 saturated carbocycles. The van der Waals surface area contributed by atoms with Crippen molar-refractivity contribution in [1.82, 2.24) is 0 Å². The molecule has 0 unspecified atom stereocenters. The van der Waals surface area contributed by atoms with Crippen LogP contribution in [-0.4, -0.2) is 12.5 Å². The zero-order valence-corrected chi connectivity index (χ0v) is 10.6. The summed E-state index contributed by atoms with van der Waals surface area (Å²) in [5, 5.41) is 0. The van der Waals surface area contributed by atoms with E-state index in [1.807, 2.05) is 0 Å². The summed E-state index contributed by atoms with van der Waals surface area (Å²) >= 11 is 1.55. The Labute approximate surface area is 111 Å². The number of hydrogen-bond donors (Lipinski definition) is 1. The lowest BCUT2D eigenvalue weighted by Gasteiger charge is -2.18. The van der Waals surface area contributed by atoms with Crippen molar-refractivity contribution in [3.63, 3.8) is 0 Å². The third-order valence-corrected chi connectivity index (χ3v) is 2.87. The van der Waals surface area contributed by atoms with Crippen LogP contribution < -0.4 is 10.5 Å². The summed E-state index contributed by atoms with van der Waals surface area (Å²) in [6.45, 7) is 0. The molecule has 0 fully saturated rings. The maximum atomic E-state index is 12.4. The number of hydrogen-bond acceptors (Lipinski definition) is 2. The molecule has 0 bridgehead atoms. The Bertz CT molecular complexity index is 430. The Morgan fingerprint density at radius 2 is 1.67 bits per heavy atom. The summed E-state index contributed by atoms with van der Waals surface area (Å²) in [6.07, 6.45) is -9.71. The van der Waals surface area contributed by atoms with E-state index in [0.29, 0.717) is 6.07 Å². The fraction of sp³-hybridized carbons (Fsp3) is 0.333. The molecule has 102 valence electrons. The van der Waals surface area contributed by atoms with Crippen LogP contribution in [0.5, 0.6) is 5.75 Å². The van der Waals surface area contributed by atoms with Crippen LogP contribution in [0, 0.1) is 3.57 Å². The van der Waals surface area contributed by atoms with Crippen LogP contribution in [0.2, 0.25) is 0 Å². The highest BCUT2D eigenvalue weighted by atomic mass is 127. The molecule has 1 atom stereocenters. The number of ether oxygens (including phenoxy) is 1. The predicted molar refractivity (Wildman–Crippen MR) is 58.8 cm³/mol. The van der Waals surface area contributed by atoms with Crippen LogP contribution in [-0.2, 0) is 0 Å². The van der Waals surface area contributed by atoms with Crippen LogP contribution in [0.15, 0.2) is 18.2 Å². The second-order valence-corrected chi connectivity index (χ2v) is 4.41. The molecular formula is C9H6F6INO. The Hall–Kier alpha value is -0.710. The number of halogens is 7. The first-order valence-corrected chi connectivity index (χ1v) is 5.46. The fourth-order valence-corrected chi connectivity index (χ4v) is 1.80. The molecule has 0 spiro atoms. The first-order valence-electron chi connectivity index (χ1n) is 4.38. The summed E-state index contributed by atoms with van der Waals surface area (Å²) in [6, 6.07) is 0.263. The molecule has 18 heavy (non-hydrogen) atoms. The minimum Gasteiger partial charge on any atom is -0.406 e. The largest absolute Gasteiger partial charge is 0.573 e. The van der Waals surface area contributed by atoms with Gasteiger partial charge in [-0.1, -0.05) is 0 Å². The molecule has 2 nitrogen and oxygen atoms in total. The molecule has 0 aliphatic carbocycles. The van der Waals surface area contributed by atoms with Gasteiger partial charge in [0.1, 0.15) is 11.8 Å². The zero-order valence-electron chi connectivity index (χ0n) is 8.44. The predicted octanol–water partition coefficient (Wildman–Crippen LogP) is 3.75. The Balaban J connectivity index is 3.09.